The molecule has 3 N–H and O–H groups in total. The summed E-state index contributed by atoms with van der Waals surface area (Å²) < 4.78 is 40.6. The van der Waals surface area contributed by atoms with Crippen LogP contribution in [-0.2, 0) is 10.0 Å². The number of amides is 1. The lowest BCUT2D eigenvalue weighted by Gasteiger charge is -2.23. The van der Waals surface area contributed by atoms with Crippen LogP contribution in [0.1, 0.15) is 42.5 Å². The van der Waals surface area contributed by atoms with E-state index in [-0.39, 0.29) is 12.1 Å². The molecule has 30 heavy (non-hydrogen) atoms. The van der Waals surface area contributed by atoms with Crippen molar-refractivity contribution < 1.29 is 17.6 Å². The highest BCUT2D eigenvalue weighted by Crippen LogP contribution is 2.23. The fourth-order valence-corrected chi connectivity index (χ4v) is 4.53. The Kier molecular flexibility index (Phi) is 7.23. The van der Waals surface area contributed by atoms with Crippen molar-refractivity contribution in [3.63, 3.8) is 0 Å². The van der Waals surface area contributed by atoms with Gasteiger partial charge in [0, 0.05) is 29.5 Å². The van der Waals surface area contributed by atoms with Crippen molar-refractivity contribution >= 4 is 27.3 Å². The van der Waals surface area contributed by atoms with E-state index in [9.17, 15) is 17.6 Å². The molecule has 0 bridgehead atoms. The molecular weight excluding hydrogens is 405 g/mol. The Hall–Kier alpha value is -2.71. The number of anilines is 2. The van der Waals surface area contributed by atoms with Gasteiger partial charge in [0.2, 0.25) is 10.0 Å². The number of carbonyl (C=O) groups is 1. The normalized spacial score (nSPS) is 14.8. The molecule has 0 spiro atoms. The molecular formula is C22H26FN3O3S. The monoisotopic (exact) mass is 431 g/mol. The first kappa shape index (κ1) is 22.0. The molecule has 1 fully saturated rings. The summed E-state index contributed by atoms with van der Waals surface area (Å²) in [6.45, 7) is 3.38. The van der Waals surface area contributed by atoms with Gasteiger partial charge in [-0.2, -0.15) is 0 Å². The van der Waals surface area contributed by atoms with Crippen LogP contribution in [-0.4, -0.2) is 26.9 Å². The summed E-state index contributed by atoms with van der Waals surface area (Å²) in [5.74, 6) is -1.45. The van der Waals surface area contributed by atoms with Gasteiger partial charge in [0.05, 0.1) is 0 Å². The van der Waals surface area contributed by atoms with Crippen molar-refractivity contribution in [2.24, 2.45) is 0 Å². The molecule has 1 amide bonds. The highest BCUT2D eigenvalue weighted by Gasteiger charge is 2.20. The highest BCUT2D eigenvalue weighted by molar-refractivity contribution is 7.89. The van der Waals surface area contributed by atoms with Gasteiger partial charge in [-0.1, -0.05) is 25.3 Å². The third-order valence-electron chi connectivity index (χ3n) is 5.02. The second-order valence-electron chi connectivity index (χ2n) is 7.30. The van der Waals surface area contributed by atoms with Gasteiger partial charge >= 0.3 is 0 Å². The molecule has 0 radical (unpaired) electrons. The molecule has 0 saturated heterocycles. The van der Waals surface area contributed by atoms with E-state index in [0.29, 0.717) is 11.7 Å². The Morgan fingerprint density at radius 1 is 1.07 bits per heavy atom. The van der Waals surface area contributed by atoms with Crippen LogP contribution in [0.3, 0.4) is 0 Å². The molecule has 1 saturated carbocycles. The Balaban J connectivity index is 1.68. The van der Waals surface area contributed by atoms with Crippen molar-refractivity contribution in [3.05, 3.63) is 66.5 Å². The van der Waals surface area contributed by atoms with Crippen molar-refractivity contribution in [2.45, 2.75) is 43.0 Å². The largest absolute Gasteiger partial charge is 0.382 e. The zero-order chi connectivity index (χ0) is 21.6. The summed E-state index contributed by atoms with van der Waals surface area (Å²) in [5, 5.41) is 6.21. The van der Waals surface area contributed by atoms with Crippen molar-refractivity contribution in [1.29, 1.82) is 0 Å². The van der Waals surface area contributed by atoms with E-state index in [1.165, 1.54) is 31.4 Å². The Morgan fingerprint density at radius 2 is 1.73 bits per heavy atom. The summed E-state index contributed by atoms with van der Waals surface area (Å²) in [4.78, 5) is 12.0. The first-order chi connectivity index (χ1) is 14.4. The molecule has 8 heteroatoms. The summed E-state index contributed by atoms with van der Waals surface area (Å²) in [6, 6.07) is 11.0. The molecule has 2 aromatic carbocycles. The van der Waals surface area contributed by atoms with Gasteiger partial charge < -0.3 is 10.6 Å². The van der Waals surface area contributed by atoms with Crippen molar-refractivity contribution in [2.75, 3.05) is 17.2 Å². The third kappa shape index (κ3) is 5.67. The molecule has 0 unspecified atom stereocenters. The summed E-state index contributed by atoms with van der Waals surface area (Å²) >= 11 is 0. The van der Waals surface area contributed by atoms with E-state index >= 15 is 0 Å². The zero-order valence-corrected chi connectivity index (χ0v) is 17.5. The molecule has 0 atom stereocenters. The first-order valence-electron chi connectivity index (χ1n) is 9.97. The van der Waals surface area contributed by atoms with E-state index < -0.39 is 26.6 Å². The molecule has 0 heterocycles. The van der Waals surface area contributed by atoms with E-state index in [2.05, 4.69) is 21.9 Å². The number of benzene rings is 2. The summed E-state index contributed by atoms with van der Waals surface area (Å²) in [5.41, 5.74) is 1.59. The molecule has 2 aromatic rings. The lowest BCUT2D eigenvalue weighted by molar-refractivity contribution is 0.102. The number of sulfonamides is 1. The van der Waals surface area contributed by atoms with Crippen LogP contribution in [0.2, 0.25) is 0 Å². The Labute approximate surface area is 176 Å². The second kappa shape index (κ2) is 9.86. The number of carbonyl (C=O) groups excluding carboxylic acids is 1. The van der Waals surface area contributed by atoms with Crippen LogP contribution in [0.25, 0.3) is 0 Å². The number of hydrogen-bond acceptors (Lipinski definition) is 4. The molecule has 3 rings (SSSR count). The second-order valence-corrected chi connectivity index (χ2v) is 9.03. The predicted molar refractivity (Wildman–Crippen MR) is 117 cm³/mol. The molecule has 6 nitrogen and oxygen atoms in total. The van der Waals surface area contributed by atoms with Gasteiger partial charge in [-0.05, 0) is 55.3 Å². The summed E-state index contributed by atoms with van der Waals surface area (Å²) in [6.07, 6.45) is 7.44. The van der Waals surface area contributed by atoms with Gasteiger partial charge in [-0.3, -0.25) is 4.79 Å². The minimum Gasteiger partial charge on any atom is -0.382 e. The van der Waals surface area contributed by atoms with E-state index in [1.54, 1.807) is 12.1 Å². The lowest BCUT2D eigenvalue weighted by Crippen LogP contribution is -2.25. The molecule has 0 aromatic heterocycles. The molecule has 160 valence electrons. The number of halogens is 1. The van der Waals surface area contributed by atoms with E-state index in [0.717, 1.165) is 30.7 Å². The van der Waals surface area contributed by atoms with Gasteiger partial charge in [0.1, 0.15) is 10.7 Å². The third-order valence-corrected chi connectivity index (χ3v) is 6.46. The van der Waals surface area contributed by atoms with Crippen LogP contribution in [0.4, 0.5) is 15.8 Å². The van der Waals surface area contributed by atoms with Gasteiger partial charge in [-0.25, -0.2) is 17.5 Å². The predicted octanol–water partition coefficient (Wildman–Crippen LogP) is 4.29. The zero-order valence-electron chi connectivity index (χ0n) is 16.7. The topological polar surface area (TPSA) is 87.3 Å². The van der Waals surface area contributed by atoms with E-state index in [4.69, 9.17) is 0 Å². The summed E-state index contributed by atoms with van der Waals surface area (Å²) in [7, 11) is -4.09. The minimum absolute atomic E-state index is 0.0415. The maximum Gasteiger partial charge on any atom is 0.255 e. The molecule has 0 aliphatic heterocycles. The van der Waals surface area contributed by atoms with Crippen LogP contribution < -0.4 is 15.4 Å². The van der Waals surface area contributed by atoms with Gasteiger partial charge in [0.15, 0.2) is 0 Å². The van der Waals surface area contributed by atoms with Gasteiger partial charge in [-0.15, -0.1) is 6.58 Å². The molecule has 1 aliphatic rings. The fourth-order valence-electron chi connectivity index (χ4n) is 3.43. The van der Waals surface area contributed by atoms with E-state index in [1.807, 2.05) is 12.1 Å². The van der Waals surface area contributed by atoms with Crippen LogP contribution in [0.15, 0.2) is 60.0 Å². The maximum absolute atomic E-state index is 14.0. The quantitative estimate of drug-likeness (QED) is 0.544. The standard InChI is InChI=1S/C22H26FN3O3S/c1-2-14-24-30(28,29)21-15-16(8-13-20(21)23)22(27)26-19-11-9-18(10-12-19)25-17-6-4-3-5-7-17/h2,8-13,15,17,24-25H,1,3-7,14H2,(H,26,27). The average molecular weight is 432 g/mol. The number of rotatable bonds is 8. The SMILES string of the molecule is C=CCNS(=O)(=O)c1cc(C(=O)Nc2ccc(NC3CCCCC3)cc2)ccc1F. The number of hydrogen-bond donors (Lipinski definition) is 3. The van der Waals surface area contributed by atoms with Crippen LogP contribution in [0, 0.1) is 5.82 Å². The number of nitrogens with one attached hydrogen (secondary N) is 3. The first-order valence-corrected chi connectivity index (χ1v) is 11.5. The maximum atomic E-state index is 14.0. The smallest absolute Gasteiger partial charge is 0.255 e. The van der Waals surface area contributed by atoms with Crippen LogP contribution >= 0.6 is 0 Å². The van der Waals surface area contributed by atoms with Crippen molar-refractivity contribution in [3.8, 4) is 0 Å². The lowest BCUT2D eigenvalue weighted by atomic mass is 9.95. The fraction of sp³-hybridized carbons (Fsp3) is 0.318. The average Bonchev–Trinajstić information content (AvgIpc) is 2.74. The minimum atomic E-state index is -4.09. The van der Waals surface area contributed by atoms with Crippen molar-refractivity contribution in [1.82, 2.24) is 4.72 Å². The molecule has 1 aliphatic carbocycles. The Bertz CT molecular complexity index is 1000. The Morgan fingerprint density at radius 3 is 2.40 bits per heavy atom. The highest BCUT2D eigenvalue weighted by atomic mass is 32.2. The van der Waals surface area contributed by atoms with Crippen LogP contribution in [0.5, 0.6) is 0 Å². The van der Waals surface area contributed by atoms with Gasteiger partial charge in [0.25, 0.3) is 5.91 Å².